The smallest absolute Gasteiger partial charge is 0.0694 e. The van der Waals surface area contributed by atoms with Crippen LogP contribution in [0.15, 0.2) is 6.20 Å². The number of nitrogens with zero attached hydrogens (tertiary/aromatic N) is 2. The summed E-state index contributed by atoms with van der Waals surface area (Å²) in [7, 11) is 1.23. The zero-order chi connectivity index (χ0) is 13.7. The van der Waals surface area contributed by atoms with Crippen LogP contribution in [0.5, 0.6) is 0 Å². The van der Waals surface area contributed by atoms with Crippen molar-refractivity contribution >= 4 is 10.8 Å². The quantitative estimate of drug-likeness (QED) is 0.769. The number of hydrogen-bond donors (Lipinski definition) is 1. The van der Waals surface area contributed by atoms with Gasteiger partial charge in [-0.1, -0.05) is 20.8 Å². The normalized spacial score (nSPS) is 15.0. The Kier molecular flexibility index (Phi) is 6.02. The lowest BCUT2D eigenvalue weighted by Crippen LogP contribution is -2.21. The second kappa shape index (κ2) is 7.04. The molecule has 4 nitrogen and oxygen atoms in total. The number of nitrogens with one attached hydrogen (secondary N) is 1. The lowest BCUT2D eigenvalue weighted by Gasteiger charge is -2.10. The first kappa shape index (κ1) is 15.4. The molecule has 0 spiro atoms. The largest absolute Gasteiger partial charge is 0.313 e. The van der Waals surface area contributed by atoms with Gasteiger partial charge in [0.05, 0.1) is 5.69 Å². The van der Waals surface area contributed by atoms with Gasteiger partial charge in [-0.15, -0.1) is 0 Å². The molecule has 0 saturated heterocycles. The molecule has 1 rings (SSSR count). The van der Waals surface area contributed by atoms with Gasteiger partial charge in [-0.25, -0.2) is 0 Å². The van der Waals surface area contributed by atoms with Crippen molar-refractivity contribution in [3.63, 3.8) is 0 Å². The van der Waals surface area contributed by atoms with Gasteiger partial charge in [-0.2, -0.15) is 5.10 Å². The maximum atomic E-state index is 11.2. The third kappa shape index (κ3) is 4.53. The molecule has 5 heteroatoms. The molecule has 0 aromatic carbocycles. The number of rotatable bonds is 7. The topological polar surface area (TPSA) is 46.9 Å². The molecule has 1 heterocycles. The fraction of sp³-hybridized carbons (Fsp3) is 0.769. The average Bonchev–Trinajstić information content (AvgIpc) is 2.65. The lowest BCUT2D eigenvalue weighted by molar-refractivity contribution is 0.625. The van der Waals surface area contributed by atoms with Gasteiger partial charge in [0.25, 0.3) is 0 Å². The summed E-state index contributed by atoms with van der Waals surface area (Å²) in [5.74, 6) is 0.449. The Hall–Kier alpha value is -0.680. The van der Waals surface area contributed by atoms with E-state index in [1.54, 1.807) is 6.26 Å². The van der Waals surface area contributed by atoms with Gasteiger partial charge >= 0.3 is 0 Å². The van der Waals surface area contributed by atoms with Crippen molar-refractivity contribution in [2.24, 2.45) is 7.05 Å². The van der Waals surface area contributed by atoms with E-state index in [0.29, 0.717) is 5.92 Å². The minimum absolute atomic E-state index is 0.260. The molecule has 0 saturated carbocycles. The summed E-state index contributed by atoms with van der Waals surface area (Å²) in [5.41, 5.74) is 2.43. The standard InChI is InChI=1S/C13H25N3OS/c1-10(2)13-12(9-16(4)15-13)8-14-7-6-11(3)18(5)17/h9-11,14H,6-8H2,1-5H3. The molecule has 1 N–H and O–H groups in total. The Morgan fingerprint density at radius 2 is 2.11 bits per heavy atom. The molecule has 0 amide bonds. The third-order valence-corrected chi connectivity index (χ3v) is 4.46. The molecular formula is C13H25N3OS. The van der Waals surface area contributed by atoms with E-state index in [9.17, 15) is 4.21 Å². The monoisotopic (exact) mass is 271 g/mol. The third-order valence-electron chi connectivity index (χ3n) is 3.09. The van der Waals surface area contributed by atoms with E-state index in [1.165, 1.54) is 5.56 Å². The van der Waals surface area contributed by atoms with Gasteiger partial charge in [0.1, 0.15) is 0 Å². The van der Waals surface area contributed by atoms with Crippen molar-refractivity contribution in [3.05, 3.63) is 17.5 Å². The average molecular weight is 271 g/mol. The predicted octanol–water partition coefficient (Wildman–Crippen LogP) is 1.79. The molecule has 104 valence electrons. The van der Waals surface area contributed by atoms with Gasteiger partial charge in [0, 0.05) is 47.7 Å². The Balaban J connectivity index is 2.42. The van der Waals surface area contributed by atoms with Crippen molar-refractivity contribution in [1.82, 2.24) is 15.1 Å². The molecule has 18 heavy (non-hydrogen) atoms. The number of aryl methyl sites for hydroxylation is 1. The maximum absolute atomic E-state index is 11.2. The highest BCUT2D eigenvalue weighted by Gasteiger charge is 2.11. The van der Waals surface area contributed by atoms with Crippen LogP contribution in [0, 0.1) is 0 Å². The maximum Gasteiger partial charge on any atom is 0.0694 e. The summed E-state index contributed by atoms with van der Waals surface area (Å²) in [6.07, 6.45) is 4.78. The van der Waals surface area contributed by atoms with Gasteiger partial charge in [0.15, 0.2) is 0 Å². The highest BCUT2D eigenvalue weighted by Crippen LogP contribution is 2.16. The van der Waals surface area contributed by atoms with E-state index >= 15 is 0 Å². The van der Waals surface area contributed by atoms with Crippen LogP contribution in [0.1, 0.15) is 44.4 Å². The Morgan fingerprint density at radius 3 is 2.67 bits per heavy atom. The molecule has 2 unspecified atom stereocenters. The molecule has 0 fully saturated rings. The van der Waals surface area contributed by atoms with Crippen LogP contribution in [0.3, 0.4) is 0 Å². The highest BCUT2D eigenvalue weighted by molar-refractivity contribution is 7.84. The lowest BCUT2D eigenvalue weighted by atomic mass is 10.1. The number of hydrogen-bond acceptors (Lipinski definition) is 3. The highest BCUT2D eigenvalue weighted by atomic mass is 32.2. The fourth-order valence-electron chi connectivity index (χ4n) is 1.87. The van der Waals surface area contributed by atoms with Gasteiger partial charge < -0.3 is 5.32 Å². The second-order valence-electron chi connectivity index (χ2n) is 5.14. The van der Waals surface area contributed by atoms with Crippen LogP contribution in [0.25, 0.3) is 0 Å². The van der Waals surface area contributed by atoms with Crippen LogP contribution in [-0.4, -0.2) is 32.0 Å². The van der Waals surface area contributed by atoms with Crippen molar-refractivity contribution in [1.29, 1.82) is 0 Å². The first-order chi connectivity index (χ1) is 8.41. The van der Waals surface area contributed by atoms with Gasteiger partial charge in [-0.3, -0.25) is 8.89 Å². The van der Waals surface area contributed by atoms with E-state index < -0.39 is 10.8 Å². The molecule has 0 radical (unpaired) electrons. The Labute approximate surface area is 113 Å². The summed E-state index contributed by atoms with van der Waals surface area (Å²) >= 11 is 0. The van der Waals surface area contributed by atoms with Crippen LogP contribution >= 0.6 is 0 Å². The van der Waals surface area contributed by atoms with Crippen LogP contribution in [0.2, 0.25) is 0 Å². The minimum atomic E-state index is -0.722. The summed E-state index contributed by atoms with van der Waals surface area (Å²) in [4.78, 5) is 0. The summed E-state index contributed by atoms with van der Waals surface area (Å²) < 4.78 is 13.1. The molecule has 0 aliphatic heterocycles. The summed E-state index contributed by atoms with van der Waals surface area (Å²) in [6, 6.07) is 0. The van der Waals surface area contributed by atoms with Crippen molar-refractivity contribution in [2.45, 2.75) is 44.9 Å². The minimum Gasteiger partial charge on any atom is -0.313 e. The van der Waals surface area contributed by atoms with Gasteiger partial charge in [0.2, 0.25) is 0 Å². The fourth-order valence-corrected chi connectivity index (χ4v) is 2.32. The van der Waals surface area contributed by atoms with Crippen LogP contribution in [0.4, 0.5) is 0 Å². The van der Waals surface area contributed by atoms with Crippen molar-refractivity contribution in [2.75, 3.05) is 12.8 Å². The molecule has 2 atom stereocenters. The van der Waals surface area contributed by atoms with E-state index in [4.69, 9.17) is 0 Å². The van der Waals surface area contributed by atoms with Crippen molar-refractivity contribution < 1.29 is 4.21 Å². The van der Waals surface area contributed by atoms with E-state index in [0.717, 1.165) is 25.2 Å². The molecule has 0 aliphatic carbocycles. The van der Waals surface area contributed by atoms with Crippen LogP contribution in [-0.2, 0) is 24.4 Å². The summed E-state index contributed by atoms with van der Waals surface area (Å²) in [5, 5.41) is 8.15. The Bertz CT molecular complexity index is 401. The SMILES string of the molecule is CC(C)c1nn(C)cc1CNCCC(C)S(C)=O. The number of aromatic nitrogens is 2. The second-order valence-corrected chi connectivity index (χ2v) is 6.94. The first-order valence-electron chi connectivity index (χ1n) is 6.47. The van der Waals surface area contributed by atoms with Gasteiger partial charge in [-0.05, 0) is 18.9 Å². The zero-order valence-corrected chi connectivity index (χ0v) is 12.9. The molecule has 0 aliphatic rings. The zero-order valence-electron chi connectivity index (χ0n) is 12.1. The molecule has 0 bridgehead atoms. The predicted molar refractivity (Wildman–Crippen MR) is 77.1 cm³/mol. The molecule has 1 aromatic rings. The van der Waals surface area contributed by atoms with Crippen molar-refractivity contribution in [3.8, 4) is 0 Å². The molecule has 1 aromatic heterocycles. The van der Waals surface area contributed by atoms with E-state index in [-0.39, 0.29) is 5.25 Å². The first-order valence-corrected chi connectivity index (χ1v) is 8.09. The summed E-state index contributed by atoms with van der Waals surface area (Å²) in [6.45, 7) is 8.08. The van der Waals surface area contributed by atoms with E-state index in [1.807, 2.05) is 18.7 Å². The van der Waals surface area contributed by atoms with Crippen LogP contribution < -0.4 is 5.32 Å². The van der Waals surface area contributed by atoms with E-state index in [2.05, 4.69) is 30.5 Å². The Morgan fingerprint density at radius 1 is 1.44 bits per heavy atom. The molecular weight excluding hydrogens is 246 g/mol.